The molecule has 0 saturated heterocycles. The fourth-order valence-corrected chi connectivity index (χ4v) is 3.30. The molecule has 24 heavy (non-hydrogen) atoms. The van der Waals surface area contributed by atoms with E-state index in [0.29, 0.717) is 18.8 Å². The van der Waals surface area contributed by atoms with Gasteiger partial charge >= 0.3 is 5.97 Å². The lowest BCUT2D eigenvalue weighted by atomic mass is 9.91. The van der Waals surface area contributed by atoms with Crippen LogP contribution in [0.5, 0.6) is 0 Å². The summed E-state index contributed by atoms with van der Waals surface area (Å²) in [5.74, 6) is -0.617. The molecule has 2 aromatic rings. The quantitative estimate of drug-likeness (QED) is 0.479. The zero-order valence-electron chi connectivity index (χ0n) is 13.7. The standard InChI is InChI=1S/C21H22O3/c22-20-14-12-18(17-9-5-2-6-10-17)11-13-19(20)21(23)24-15-16-7-3-1-4-8-16/h1-10,18-19H,11-15H2. The van der Waals surface area contributed by atoms with Gasteiger partial charge in [-0.1, -0.05) is 60.7 Å². The van der Waals surface area contributed by atoms with Crippen LogP contribution in [0.2, 0.25) is 0 Å². The Bertz CT molecular complexity index is 679. The van der Waals surface area contributed by atoms with Crippen molar-refractivity contribution < 1.29 is 14.3 Å². The zero-order chi connectivity index (χ0) is 16.8. The average Bonchev–Trinajstić information content (AvgIpc) is 2.83. The molecular formula is C21H22O3. The molecule has 1 saturated carbocycles. The predicted molar refractivity (Wildman–Crippen MR) is 92.4 cm³/mol. The number of benzene rings is 2. The van der Waals surface area contributed by atoms with Crippen LogP contribution in [0.1, 0.15) is 42.7 Å². The normalized spacial score (nSPS) is 21.1. The van der Waals surface area contributed by atoms with E-state index in [2.05, 4.69) is 12.1 Å². The van der Waals surface area contributed by atoms with E-state index in [-0.39, 0.29) is 18.4 Å². The molecule has 1 fully saturated rings. The number of Topliss-reactive ketones (excluding diaryl/α,β-unsaturated/α-hetero) is 1. The lowest BCUT2D eigenvalue weighted by Gasteiger charge is -2.14. The number of rotatable bonds is 4. The third-order valence-electron chi connectivity index (χ3n) is 4.71. The summed E-state index contributed by atoms with van der Waals surface area (Å²) >= 11 is 0. The van der Waals surface area contributed by atoms with Crippen LogP contribution in [0.25, 0.3) is 0 Å². The van der Waals surface area contributed by atoms with Gasteiger partial charge in [0.2, 0.25) is 0 Å². The molecule has 0 N–H and O–H groups in total. The van der Waals surface area contributed by atoms with E-state index in [0.717, 1.165) is 18.4 Å². The Morgan fingerprint density at radius 3 is 2.29 bits per heavy atom. The topological polar surface area (TPSA) is 43.4 Å². The van der Waals surface area contributed by atoms with E-state index in [9.17, 15) is 9.59 Å². The first-order valence-electron chi connectivity index (χ1n) is 8.52. The molecular weight excluding hydrogens is 300 g/mol. The van der Waals surface area contributed by atoms with E-state index < -0.39 is 5.92 Å². The summed E-state index contributed by atoms with van der Waals surface area (Å²) in [5, 5.41) is 0. The Hall–Kier alpha value is -2.42. The van der Waals surface area contributed by atoms with E-state index in [1.807, 2.05) is 48.5 Å². The van der Waals surface area contributed by atoms with Crippen LogP contribution in [0.3, 0.4) is 0 Å². The maximum atomic E-state index is 12.3. The second-order valence-electron chi connectivity index (χ2n) is 6.34. The molecule has 0 aromatic heterocycles. The fourth-order valence-electron chi connectivity index (χ4n) is 3.30. The van der Waals surface area contributed by atoms with Gasteiger partial charge in [0.05, 0.1) is 0 Å². The van der Waals surface area contributed by atoms with Crippen molar-refractivity contribution >= 4 is 11.8 Å². The summed E-state index contributed by atoms with van der Waals surface area (Å²) in [6.45, 7) is 0.228. The van der Waals surface area contributed by atoms with E-state index in [4.69, 9.17) is 4.74 Å². The van der Waals surface area contributed by atoms with Crippen molar-refractivity contribution in [2.45, 2.75) is 38.2 Å². The molecule has 2 atom stereocenters. The van der Waals surface area contributed by atoms with Crippen molar-refractivity contribution in [3.05, 3.63) is 71.8 Å². The second-order valence-corrected chi connectivity index (χ2v) is 6.34. The van der Waals surface area contributed by atoms with Gasteiger partial charge < -0.3 is 4.74 Å². The van der Waals surface area contributed by atoms with E-state index >= 15 is 0 Å². The van der Waals surface area contributed by atoms with Crippen molar-refractivity contribution in [1.82, 2.24) is 0 Å². The summed E-state index contributed by atoms with van der Waals surface area (Å²) < 4.78 is 5.37. The maximum Gasteiger partial charge on any atom is 0.316 e. The average molecular weight is 322 g/mol. The number of carbonyl (C=O) groups is 2. The Labute approximate surface area is 142 Å². The molecule has 0 aliphatic heterocycles. The number of ether oxygens (including phenoxy) is 1. The number of carbonyl (C=O) groups excluding carboxylic acids is 2. The minimum Gasteiger partial charge on any atom is -0.460 e. The minimum atomic E-state index is -0.609. The van der Waals surface area contributed by atoms with Crippen molar-refractivity contribution in [3.8, 4) is 0 Å². The van der Waals surface area contributed by atoms with Gasteiger partial charge in [0.15, 0.2) is 0 Å². The molecule has 0 spiro atoms. The largest absolute Gasteiger partial charge is 0.460 e. The van der Waals surface area contributed by atoms with Gasteiger partial charge in [-0.25, -0.2) is 0 Å². The van der Waals surface area contributed by atoms with Gasteiger partial charge in [-0.05, 0) is 36.3 Å². The lowest BCUT2D eigenvalue weighted by molar-refractivity contribution is -0.153. The van der Waals surface area contributed by atoms with Crippen LogP contribution >= 0.6 is 0 Å². The predicted octanol–water partition coefficient (Wildman–Crippen LogP) is 4.27. The smallest absolute Gasteiger partial charge is 0.316 e. The number of hydrogen-bond acceptors (Lipinski definition) is 3. The second kappa shape index (κ2) is 7.91. The van der Waals surface area contributed by atoms with Crippen LogP contribution in [0, 0.1) is 5.92 Å². The third kappa shape index (κ3) is 4.10. The number of esters is 1. The minimum absolute atomic E-state index is 0.0199. The Kier molecular flexibility index (Phi) is 5.42. The summed E-state index contributed by atoms with van der Waals surface area (Å²) in [4.78, 5) is 24.7. The first-order chi connectivity index (χ1) is 11.7. The Morgan fingerprint density at radius 1 is 0.917 bits per heavy atom. The first-order valence-corrected chi connectivity index (χ1v) is 8.52. The Balaban J connectivity index is 1.59. The van der Waals surface area contributed by atoms with Gasteiger partial charge in [0, 0.05) is 6.42 Å². The molecule has 3 heteroatoms. The molecule has 2 aromatic carbocycles. The Morgan fingerprint density at radius 2 is 1.58 bits per heavy atom. The van der Waals surface area contributed by atoms with Crippen molar-refractivity contribution in [3.63, 3.8) is 0 Å². The molecule has 1 aliphatic rings. The molecule has 1 aliphatic carbocycles. The van der Waals surface area contributed by atoms with E-state index in [1.54, 1.807) is 0 Å². The van der Waals surface area contributed by atoms with Gasteiger partial charge in [-0.15, -0.1) is 0 Å². The number of hydrogen-bond donors (Lipinski definition) is 0. The number of ketones is 1. The van der Waals surface area contributed by atoms with E-state index in [1.165, 1.54) is 5.56 Å². The van der Waals surface area contributed by atoms with Crippen LogP contribution < -0.4 is 0 Å². The molecule has 3 rings (SSSR count). The first kappa shape index (κ1) is 16.4. The molecule has 0 heterocycles. The summed E-state index contributed by atoms with van der Waals surface area (Å²) in [6.07, 6.45) is 2.68. The van der Waals surface area contributed by atoms with Gasteiger partial charge in [0.25, 0.3) is 0 Å². The zero-order valence-corrected chi connectivity index (χ0v) is 13.7. The van der Waals surface area contributed by atoms with Crippen molar-refractivity contribution in [2.75, 3.05) is 0 Å². The maximum absolute atomic E-state index is 12.3. The lowest BCUT2D eigenvalue weighted by Crippen LogP contribution is -2.25. The highest BCUT2D eigenvalue weighted by atomic mass is 16.5. The highest BCUT2D eigenvalue weighted by molar-refractivity contribution is 5.99. The van der Waals surface area contributed by atoms with Gasteiger partial charge in [-0.3, -0.25) is 9.59 Å². The highest BCUT2D eigenvalue weighted by Crippen LogP contribution is 2.33. The molecule has 0 bridgehead atoms. The molecule has 2 unspecified atom stereocenters. The fraction of sp³-hybridized carbons (Fsp3) is 0.333. The van der Waals surface area contributed by atoms with Gasteiger partial charge in [0.1, 0.15) is 18.3 Å². The molecule has 3 nitrogen and oxygen atoms in total. The van der Waals surface area contributed by atoms with Crippen LogP contribution in [0.4, 0.5) is 0 Å². The van der Waals surface area contributed by atoms with Crippen molar-refractivity contribution in [2.24, 2.45) is 5.92 Å². The monoisotopic (exact) mass is 322 g/mol. The van der Waals surface area contributed by atoms with Gasteiger partial charge in [-0.2, -0.15) is 0 Å². The highest BCUT2D eigenvalue weighted by Gasteiger charge is 2.32. The summed E-state index contributed by atoms with van der Waals surface area (Å²) in [6, 6.07) is 19.8. The van der Waals surface area contributed by atoms with Crippen molar-refractivity contribution in [1.29, 1.82) is 0 Å². The molecule has 124 valence electrons. The van der Waals surface area contributed by atoms with Crippen LogP contribution in [-0.4, -0.2) is 11.8 Å². The SMILES string of the molecule is O=C1CCC(c2ccccc2)CCC1C(=O)OCc1ccccc1. The summed E-state index contributed by atoms with van der Waals surface area (Å²) in [7, 11) is 0. The van der Waals surface area contributed by atoms with Crippen LogP contribution in [0.15, 0.2) is 60.7 Å². The third-order valence-corrected chi connectivity index (χ3v) is 4.71. The van der Waals surface area contributed by atoms with Crippen LogP contribution in [-0.2, 0) is 20.9 Å². The molecule has 0 amide bonds. The molecule has 0 radical (unpaired) electrons. The summed E-state index contributed by atoms with van der Waals surface area (Å²) in [5.41, 5.74) is 2.19.